The standard InChI is InChI=1S/C13H12ClIN2/c1-8-2-4-13(11(16)6-8)17-12-5-3-9(14)7-10(12)15/h2-7,17H,16H2,1H3. The Morgan fingerprint density at radius 3 is 2.47 bits per heavy atom. The molecule has 3 N–H and O–H groups in total. The molecular weight excluding hydrogens is 347 g/mol. The molecule has 0 aromatic heterocycles. The average Bonchev–Trinajstić information content (AvgIpc) is 2.25. The van der Waals surface area contributed by atoms with E-state index in [1.807, 2.05) is 43.3 Å². The minimum atomic E-state index is 0.733. The zero-order chi connectivity index (χ0) is 12.4. The number of nitrogens with two attached hydrogens (primary N) is 1. The van der Waals surface area contributed by atoms with Gasteiger partial charge in [-0.2, -0.15) is 0 Å². The lowest BCUT2D eigenvalue weighted by Gasteiger charge is -2.11. The van der Waals surface area contributed by atoms with Crippen LogP contribution in [0.4, 0.5) is 17.1 Å². The number of nitrogens with one attached hydrogen (secondary N) is 1. The maximum atomic E-state index is 5.96. The zero-order valence-electron chi connectivity index (χ0n) is 9.30. The molecule has 0 unspecified atom stereocenters. The molecule has 0 aliphatic heterocycles. The molecule has 0 aliphatic rings. The lowest BCUT2D eigenvalue weighted by atomic mass is 10.2. The zero-order valence-corrected chi connectivity index (χ0v) is 12.2. The first-order valence-corrected chi connectivity index (χ1v) is 6.60. The van der Waals surface area contributed by atoms with Gasteiger partial charge in [-0.1, -0.05) is 17.7 Å². The van der Waals surface area contributed by atoms with Gasteiger partial charge in [0.2, 0.25) is 0 Å². The fraction of sp³-hybridized carbons (Fsp3) is 0.0769. The number of hydrogen-bond donors (Lipinski definition) is 2. The summed E-state index contributed by atoms with van der Waals surface area (Å²) in [6.07, 6.45) is 0. The summed E-state index contributed by atoms with van der Waals surface area (Å²) >= 11 is 8.16. The molecule has 2 aromatic rings. The third-order valence-corrected chi connectivity index (χ3v) is 3.54. The number of nitrogen functional groups attached to an aromatic ring is 1. The molecule has 0 radical (unpaired) electrons. The molecule has 0 aliphatic carbocycles. The minimum absolute atomic E-state index is 0.733. The minimum Gasteiger partial charge on any atom is -0.397 e. The van der Waals surface area contributed by atoms with E-state index in [9.17, 15) is 0 Å². The van der Waals surface area contributed by atoms with Crippen molar-refractivity contribution >= 4 is 51.3 Å². The lowest BCUT2D eigenvalue weighted by molar-refractivity contribution is 1.45. The third-order valence-electron chi connectivity index (χ3n) is 2.41. The average molecular weight is 359 g/mol. The molecule has 0 saturated carbocycles. The molecule has 0 saturated heterocycles. The van der Waals surface area contributed by atoms with Crippen molar-refractivity contribution < 1.29 is 0 Å². The van der Waals surface area contributed by atoms with Gasteiger partial charge in [-0.05, 0) is 65.4 Å². The Bertz CT molecular complexity index is 506. The topological polar surface area (TPSA) is 38.0 Å². The number of aryl methyl sites for hydroxylation is 1. The van der Waals surface area contributed by atoms with Crippen molar-refractivity contribution in [3.63, 3.8) is 0 Å². The quantitative estimate of drug-likeness (QED) is 0.609. The molecule has 88 valence electrons. The van der Waals surface area contributed by atoms with E-state index in [2.05, 4.69) is 27.9 Å². The van der Waals surface area contributed by atoms with E-state index in [0.717, 1.165) is 31.2 Å². The monoisotopic (exact) mass is 358 g/mol. The number of anilines is 3. The first-order chi connectivity index (χ1) is 8.06. The van der Waals surface area contributed by atoms with E-state index in [0.29, 0.717) is 0 Å². The number of halogens is 2. The molecule has 2 rings (SSSR count). The van der Waals surface area contributed by atoms with Gasteiger partial charge in [-0.15, -0.1) is 0 Å². The first-order valence-electron chi connectivity index (χ1n) is 5.14. The molecule has 0 fully saturated rings. The Hall–Kier alpha value is -0.940. The van der Waals surface area contributed by atoms with Gasteiger partial charge in [-0.3, -0.25) is 0 Å². The molecule has 0 heterocycles. The molecule has 2 nitrogen and oxygen atoms in total. The van der Waals surface area contributed by atoms with Crippen molar-refractivity contribution in [2.45, 2.75) is 6.92 Å². The summed E-state index contributed by atoms with van der Waals surface area (Å²) in [5, 5.41) is 4.04. The van der Waals surface area contributed by atoms with Gasteiger partial charge in [0.15, 0.2) is 0 Å². The van der Waals surface area contributed by atoms with Gasteiger partial charge in [0, 0.05) is 8.59 Å². The van der Waals surface area contributed by atoms with Crippen molar-refractivity contribution in [3.8, 4) is 0 Å². The van der Waals surface area contributed by atoms with E-state index in [1.54, 1.807) is 0 Å². The van der Waals surface area contributed by atoms with Gasteiger partial charge in [-0.25, -0.2) is 0 Å². The highest BCUT2D eigenvalue weighted by molar-refractivity contribution is 14.1. The van der Waals surface area contributed by atoms with Gasteiger partial charge in [0.1, 0.15) is 0 Å². The molecule has 0 amide bonds. The normalized spacial score (nSPS) is 10.3. The number of rotatable bonds is 2. The van der Waals surface area contributed by atoms with Crippen molar-refractivity contribution in [2.75, 3.05) is 11.1 Å². The van der Waals surface area contributed by atoms with Crippen LogP contribution in [0.1, 0.15) is 5.56 Å². The van der Waals surface area contributed by atoms with Crippen molar-refractivity contribution in [1.82, 2.24) is 0 Å². The second kappa shape index (κ2) is 5.14. The predicted octanol–water partition coefficient (Wildman–Crippen LogP) is 4.58. The number of benzene rings is 2. The Balaban J connectivity index is 2.31. The summed E-state index contributed by atoms with van der Waals surface area (Å²) in [5.74, 6) is 0. The summed E-state index contributed by atoms with van der Waals surface area (Å²) < 4.78 is 1.06. The van der Waals surface area contributed by atoms with Crippen LogP contribution in [-0.4, -0.2) is 0 Å². The van der Waals surface area contributed by atoms with E-state index in [-0.39, 0.29) is 0 Å². The van der Waals surface area contributed by atoms with E-state index >= 15 is 0 Å². The second-order valence-corrected chi connectivity index (χ2v) is 5.44. The lowest BCUT2D eigenvalue weighted by Crippen LogP contribution is -1.98. The van der Waals surface area contributed by atoms with Gasteiger partial charge < -0.3 is 11.1 Å². The van der Waals surface area contributed by atoms with Gasteiger partial charge in [0.05, 0.1) is 17.1 Å². The maximum Gasteiger partial charge on any atom is 0.0618 e. The van der Waals surface area contributed by atoms with Crippen LogP contribution in [0.5, 0.6) is 0 Å². The van der Waals surface area contributed by atoms with Crippen LogP contribution in [0, 0.1) is 10.5 Å². The highest BCUT2D eigenvalue weighted by atomic mass is 127. The molecule has 0 bridgehead atoms. The van der Waals surface area contributed by atoms with Crippen LogP contribution < -0.4 is 11.1 Å². The number of hydrogen-bond acceptors (Lipinski definition) is 2. The van der Waals surface area contributed by atoms with Crippen LogP contribution >= 0.6 is 34.2 Å². The highest BCUT2D eigenvalue weighted by Gasteiger charge is 2.03. The smallest absolute Gasteiger partial charge is 0.0618 e. The first kappa shape index (κ1) is 12.5. The summed E-state index contributed by atoms with van der Waals surface area (Å²) in [5.41, 5.74) is 9.77. The fourth-order valence-electron chi connectivity index (χ4n) is 1.53. The summed E-state index contributed by atoms with van der Waals surface area (Å²) in [4.78, 5) is 0. The summed E-state index contributed by atoms with van der Waals surface area (Å²) in [7, 11) is 0. The molecule has 2 aromatic carbocycles. The fourth-order valence-corrected chi connectivity index (χ4v) is 2.54. The van der Waals surface area contributed by atoms with Gasteiger partial charge >= 0.3 is 0 Å². The Labute approximate surface area is 119 Å². The van der Waals surface area contributed by atoms with Crippen LogP contribution in [0.15, 0.2) is 36.4 Å². The van der Waals surface area contributed by atoms with Crippen LogP contribution in [0.3, 0.4) is 0 Å². The van der Waals surface area contributed by atoms with Crippen LogP contribution in [0.2, 0.25) is 5.02 Å². The molecule has 0 spiro atoms. The van der Waals surface area contributed by atoms with E-state index < -0.39 is 0 Å². The molecule has 4 heteroatoms. The summed E-state index contributed by atoms with van der Waals surface area (Å²) in [6, 6.07) is 11.7. The Morgan fingerprint density at radius 2 is 1.82 bits per heavy atom. The third kappa shape index (κ3) is 3.04. The van der Waals surface area contributed by atoms with Crippen molar-refractivity contribution in [3.05, 3.63) is 50.6 Å². The van der Waals surface area contributed by atoms with E-state index in [4.69, 9.17) is 17.3 Å². The van der Waals surface area contributed by atoms with Gasteiger partial charge in [0.25, 0.3) is 0 Å². The van der Waals surface area contributed by atoms with Crippen molar-refractivity contribution in [1.29, 1.82) is 0 Å². The summed E-state index contributed by atoms with van der Waals surface area (Å²) in [6.45, 7) is 2.02. The molecular formula is C13H12ClIN2. The van der Waals surface area contributed by atoms with Crippen LogP contribution in [0.25, 0.3) is 0 Å². The largest absolute Gasteiger partial charge is 0.397 e. The predicted molar refractivity (Wildman–Crippen MR) is 83.0 cm³/mol. The second-order valence-electron chi connectivity index (χ2n) is 3.84. The highest BCUT2D eigenvalue weighted by Crippen LogP contribution is 2.28. The molecule has 17 heavy (non-hydrogen) atoms. The maximum absolute atomic E-state index is 5.96. The Kier molecular flexibility index (Phi) is 3.79. The molecule has 0 atom stereocenters. The van der Waals surface area contributed by atoms with Crippen LogP contribution in [-0.2, 0) is 0 Å². The SMILES string of the molecule is Cc1ccc(Nc2ccc(Cl)cc2I)c(N)c1. The Morgan fingerprint density at radius 1 is 1.12 bits per heavy atom. The van der Waals surface area contributed by atoms with Crippen molar-refractivity contribution in [2.24, 2.45) is 0 Å². The van der Waals surface area contributed by atoms with E-state index in [1.165, 1.54) is 0 Å².